The molecule has 0 saturated heterocycles. The fourth-order valence-corrected chi connectivity index (χ4v) is 7.11. The predicted molar refractivity (Wildman–Crippen MR) is 157 cm³/mol. The molecule has 0 radical (unpaired) electrons. The Bertz CT molecular complexity index is 1590. The molecule has 5 rings (SSSR count). The summed E-state index contributed by atoms with van der Waals surface area (Å²) in [5.74, 6) is 0.0489. The van der Waals surface area contributed by atoms with Crippen molar-refractivity contribution in [2.75, 3.05) is 11.1 Å². The van der Waals surface area contributed by atoms with Crippen molar-refractivity contribution in [1.29, 1.82) is 0 Å². The number of aromatic nitrogens is 1. The van der Waals surface area contributed by atoms with Gasteiger partial charge in [-0.05, 0) is 98.7 Å². The molecule has 1 amide bonds. The number of halogens is 1. The van der Waals surface area contributed by atoms with Crippen molar-refractivity contribution in [3.05, 3.63) is 98.5 Å². The average molecular weight is 597 g/mol. The number of benzene rings is 3. The van der Waals surface area contributed by atoms with Crippen molar-refractivity contribution in [1.82, 2.24) is 4.98 Å². The number of nitrogens with zero attached hydrogens (tertiary/aromatic N) is 1. The third-order valence-corrected chi connectivity index (χ3v) is 9.91. The van der Waals surface area contributed by atoms with Gasteiger partial charge in [-0.15, -0.1) is 11.3 Å². The molecule has 10 heteroatoms. The SMILES string of the molecule is O=C(Nc1cc(CCCS(=O)(=O)c2ccc(Cl)cc2)ccc1O)c1cccc(OCc2nc3c(s2)CCCC3)c1. The van der Waals surface area contributed by atoms with Crippen molar-refractivity contribution >= 4 is 44.4 Å². The van der Waals surface area contributed by atoms with E-state index >= 15 is 0 Å². The lowest BCUT2D eigenvalue weighted by atomic mass is 10.0. The van der Waals surface area contributed by atoms with Crippen LogP contribution in [0.1, 0.15) is 50.8 Å². The Morgan fingerprint density at radius 1 is 1.05 bits per heavy atom. The first-order chi connectivity index (χ1) is 19.3. The van der Waals surface area contributed by atoms with Crippen LogP contribution in [0.4, 0.5) is 5.69 Å². The standard InChI is InChI=1S/C30H29ClN2O5S2/c31-22-11-13-24(14-12-22)40(36,37)16-4-5-20-10-15-27(34)26(17-20)33-30(35)21-6-3-7-23(18-21)38-19-29-32-25-8-1-2-9-28(25)39-29/h3,6-7,10-15,17-18,34H,1-2,4-5,8-9,16,19H2,(H,33,35). The third-order valence-electron chi connectivity index (χ3n) is 6.71. The number of rotatable bonds is 10. The maximum atomic E-state index is 13.0. The second-order valence-corrected chi connectivity index (χ2v) is 13.4. The summed E-state index contributed by atoms with van der Waals surface area (Å²) in [6.07, 6.45) is 5.33. The topological polar surface area (TPSA) is 106 Å². The van der Waals surface area contributed by atoms with E-state index in [-0.39, 0.29) is 22.1 Å². The molecule has 0 fully saturated rings. The van der Waals surface area contributed by atoms with Gasteiger partial charge in [-0.25, -0.2) is 13.4 Å². The lowest BCUT2D eigenvalue weighted by Crippen LogP contribution is -2.12. The van der Waals surface area contributed by atoms with Crippen LogP contribution in [0.5, 0.6) is 11.5 Å². The maximum absolute atomic E-state index is 13.0. The number of fused-ring (bicyclic) bond motifs is 1. The Hall–Kier alpha value is -3.40. The molecule has 3 aromatic carbocycles. The van der Waals surface area contributed by atoms with Crippen LogP contribution < -0.4 is 10.1 Å². The molecular formula is C30H29ClN2O5S2. The van der Waals surface area contributed by atoms with Crippen LogP contribution in [0.2, 0.25) is 5.02 Å². The number of thiazole rings is 1. The van der Waals surface area contributed by atoms with Gasteiger partial charge in [0.1, 0.15) is 23.1 Å². The number of aromatic hydroxyl groups is 1. The van der Waals surface area contributed by atoms with Gasteiger partial charge in [-0.2, -0.15) is 0 Å². The second-order valence-electron chi connectivity index (χ2n) is 9.68. The third kappa shape index (κ3) is 7.02. The molecule has 0 spiro atoms. The molecule has 208 valence electrons. The number of phenolic OH excluding ortho intramolecular Hbond substituents is 1. The maximum Gasteiger partial charge on any atom is 0.255 e. The number of phenols is 1. The van der Waals surface area contributed by atoms with E-state index in [1.54, 1.807) is 59.9 Å². The molecule has 1 aliphatic carbocycles. The van der Waals surface area contributed by atoms with Crippen LogP contribution in [-0.4, -0.2) is 30.2 Å². The van der Waals surface area contributed by atoms with Gasteiger partial charge in [0, 0.05) is 15.5 Å². The van der Waals surface area contributed by atoms with Crippen LogP contribution in [-0.2, 0) is 35.7 Å². The molecule has 0 saturated carbocycles. The highest BCUT2D eigenvalue weighted by atomic mass is 35.5. The number of aryl methyl sites for hydroxylation is 3. The van der Waals surface area contributed by atoms with Crippen LogP contribution in [0, 0.1) is 0 Å². The van der Waals surface area contributed by atoms with Crippen LogP contribution >= 0.6 is 22.9 Å². The van der Waals surface area contributed by atoms with Gasteiger partial charge in [-0.3, -0.25) is 4.79 Å². The number of carbonyl (C=O) groups is 1. The molecule has 7 nitrogen and oxygen atoms in total. The summed E-state index contributed by atoms with van der Waals surface area (Å²) in [6.45, 7) is 0.347. The van der Waals surface area contributed by atoms with Crippen molar-refractivity contribution in [3.63, 3.8) is 0 Å². The number of ether oxygens (including phenoxy) is 1. The first kappa shape index (κ1) is 28.1. The summed E-state index contributed by atoms with van der Waals surface area (Å²) in [6, 6.07) is 17.8. The highest BCUT2D eigenvalue weighted by Gasteiger charge is 2.17. The number of amides is 1. The molecule has 0 bridgehead atoms. The Balaban J connectivity index is 1.18. The summed E-state index contributed by atoms with van der Waals surface area (Å²) in [5.41, 5.74) is 2.62. The van der Waals surface area contributed by atoms with Gasteiger partial charge in [0.15, 0.2) is 9.84 Å². The zero-order chi connectivity index (χ0) is 28.1. The minimum atomic E-state index is -3.44. The van der Waals surface area contributed by atoms with Crippen molar-refractivity contribution in [2.24, 2.45) is 0 Å². The molecule has 40 heavy (non-hydrogen) atoms. The van der Waals surface area contributed by atoms with E-state index in [1.165, 1.54) is 41.6 Å². The zero-order valence-electron chi connectivity index (χ0n) is 21.7. The highest BCUT2D eigenvalue weighted by Crippen LogP contribution is 2.29. The predicted octanol–water partition coefficient (Wildman–Crippen LogP) is 6.62. The van der Waals surface area contributed by atoms with Crippen molar-refractivity contribution in [3.8, 4) is 11.5 Å². The van der Waals surface area contributed by atoms with Gasteiger partial charge < -0.3 is 15.2 Å². The molecular weight excluding hydrogens is 568 g/mol. The Kier molecular flexibility index (Phi) is 8.73. The quantitative estimate of drug-likeness (QED) is 0.199. The summed E-state index contributed by atoms with van der Waals surface area (Å²) in [7, 11) is -3.44. The monoisotopic (exact) mass is 596 g/mol. The summed E-state index contributed by atoms with van der Waals surface area (Å²) in [5, 5.41) is 14.5. The largest absolute Gasteiger partial charge is 0.506 e. The molecule has 0 atom stereocenters. The number of hydrogen-bond acceptors (Lipinski definition) is 7. The van der Waals surface area contributed by atoms with E-state index in [9.17, 15) is 18.3 Å². The molecule has 1 heterocycles. The lowest BCUT2D eigenvalue weighted by molar-refractivity contribution is 0.102. The molecule has 4 aromatic rings. The first-order valence-electron chi connectivity index (χ1n) is 13.1. The van der Waals surface area contributed by atoms with E-state index < -0.39 is 15.7 Å². The van der Waals surface area contributed by atoms with Crippen LogP contribution in [0.25, 0.3) is 0 Å². The van der Waals surface area contributed by atoms with E-state index in [4.69, 9.17) is 21.3 Å². The van der Waals surface area contributed by atoms with Crippen molar-refractivity contribution in [2.45, 2.75) is 50.0 Å². The highest BCUT2D eigenvalue weighted by molar-refractivity contribution is 7.91. The minimum Gasteiger partial charge on any atom is -0.506 e. The zero-order valence-corrected chi connectivity index (χ0v) is 24.1. The van der Waals surface area contributed by atoms with Crippen LogP contribution in [0.15, 0.2) is 71.6 Å². The van der Waals surface area contributed by atoms with Gasteiger partial charge in [0.05, 0.1) is 22.0 Å². The van der Waals surface area contributed by atoms with Gasteiger partial charge >= 0.3 is 0 Å². The number of sulfone groups is 1. The molecule has 1 aliphatic rings. The van der Waals surface area contributed by atoms with E-state index in [2.05, 4.69) is 5.32 Å². The Morgan fingerprint density at radius 3 is 2.65 bits per heavy atom. The fraction of sp³-hybridized carbons (Fsp3) is 0.267. The Labute approximate surface area is 242 Å². The summed E-state index contributed by atoms with van der Waals surface area (Å²) in [4.78, 5) is 19.3. The van der Waals surface area contributed by atoms with Crippen molar-refractivity contribution < 1.29 is 23.1 Å². The molecule has 0 aliphatic heterocycles. The summed E-state index contributed by atoms with van der Waals surface area (Å²) >= 11 is 7.55. The fourth-order valence-electron chi connectivity index (χ4n) is 4.60. The minimum absolute atomic E-state index is 0.0341. The number of carbonyl (C=O) groups excluding carboxylic acids is 1. The van der Waals surface area contributed by atoms with Gasteiger partial charge in [0.2, 0.25) is 0 Å². The van der Waals surface area contributed by atoms with E-state index in [0.717, 1.165) is 23.4 Å². The van der Waals surface area contributed by atoms with Gasteiger partial charge in [0.25, 0.3) is 5.91 Å². The first-order valence-corrected chi connectivity index (χ1v) is 15.9. The van der Waals surface area contributed by atoms with Crippen LogP contribution in [0.3, 0.4) is 0 Å². The molecule has 0 unspecified atom stereocenters. The average Bonchev–Trinajstić information content (AvgIpc) is 3.37. The number of hydrogen-bond donors (Lipinski definition) is 2. The normalized spacial score (nSPS) is 13.0. The molecule has 1 aromatic heterocycles. The summed E-state index contributed by atoms with van der Waals surface area (Å²) < 4.78 is 31.1. The van der Waals surface area contributed by atoms with Gasteiger partial charge in [-0.1, -0.05) is 23.7 Å². The molecule has 2 N–H and O–H groups in total. The number of anilines is 1. The second kappa shape index (κ2) is 12.4. The Morgan fingerprint density at radius 2 is 1.85 bits per heavy atom. The van der Waals surface area contributed by atoms with E-state index in [0.29, 0.717) is 35.8 Å². The smallest absolute Gasteiger partial charge is 0.255 e. The lowest BCUT2D eigenvalue weighted by Gasteiger charge is -2.11. The number of nitrogens with one attached hydrogen (secondary N) is 1. The van der Waals surface area contributed by atoms with E-state index in [1.807, 2.05) is 0 Å².